The van der Waals surface area contributed by atoms with Crippen LogP contribution in [0.3, 0.4) is 0 Å². The molecular weight excluding hydrogens is 234 g/mol. The maximum Gasteiger partial charge on any atom is 0.125 e. The van der Waals surface area contributed by atoms with Crippen molar-refractivity contribution in [3.05, 3.63) is 23.9 Å². The van der Waals surface area contributed by atoms with Crippen molar-refractivity contribution in [2.24, 2.45) is 5.41 Å². The van der Waals surface area contributed by atoms with Gasteiger partial charge < -0.3 is 5.32 Å². The van der Waals surface area contributed by atoms with Gasteiger partial charge in [-0.05, 0) is 42.9 Å². The summed E-state index contributed by atoms with van der Waals surface area (Å²) in [5.74, 6) is 0.990. The third-order valence-corrected chi connectivity index (χ3v) is 3.77. The lowest BCUT2D eigenvalue weighted by Crippen LogP contribution is -2.39. The van der Waals surface area contributed by atoms with Crippen molar-refractivity contribution in [3.8, 4) is 0 Å². The number of anilines is 1. The molecule has 0 atom stereocenters. The van der Waals surface area contributed by atoms with E-state index in [1.54, 1.807) is 0 Å². The summed E-state index contributed by atoms with van der Waals surface area (Å²) in [6.07, 6.45) is 5.81. The van der Waals surface area contributed by atoms with E-state index in [0.717, 1.165) is 25.3 Å². The summed E-state index contributed by atoms with van der Waals surface area (Å²) in [5, 5.41) is 3.31. The zero-order chi connectivity index (χ0) is 13.7. The van der Waals surface area contributed by atoms with Crippen LogP contribution in [0.5, 0.6) is 0 Å². The zero-order valence-electron chi connectivity index (χ0n) is 12.6. The van der Waals surface area contributed by atoms with E-state index >= 15 is 0 Å². The second-order valence-electron chi connectivity index (χ2n) is 6.46. The highest BCUT2D eigenvalue weighted by Crippen LogP contribution is 2.29. The maximum atomic E-state index is 4.48. The van der Waals surface area contributed by atoms with Crippen molar-refractivity contribution in [2.75, 3.05) is 25.0 Å². The Kier molecular flexibility index (Phi) is 4.81. The van der Waals surface area contributed by atoms with E-state index in [1.165, 1.54) is 31.5 Å². The third-order valence-electron chi connectivity index (χ3n) is 3.77. The normalized spacial score (nSPS) is 19.3. The summed E-state index contributed by atoms with van der Waals surface area (Å²) >= 11 is 0. The van der Waals surface area contributed by atoms with Crippen LogP contribution in [-0.2, 0) is 6.54 Å². The minimum Gasteiger partial charge on any atom is -0.370 e. The first kappa shape index (κ1) is 14.3. The van der Waals surface area contributed by atoms with Crippen LogP contribution in [-0.4, -0.2) is 29.5 Å². The van der Waals surface area contributed by atoms with Gasteiger partial charge in [-0.2, -0.15) is 0 Å². The smallest absolute Gasteiger partial charge is 0.125 e. The summed E-state index contributed by atoms with van der Waals surface area (Å²) in [4.78, 5) is 7.04. The number of piperidine rings is 1. The van der Waals surface area contributed by atoms with Gasteiger partial charge in [-0.15, -0.1) is 0 Å². The van der Waals surface area contributed by atoms with Gasteiger partial charge in [-0.25, -0.2) is 4.98 Å². The summed E-state index contributed by atoms with van der Waals surface area (Å²) < 4.78 is 0. The molecule has 1 aliphatic rings. The Morgan fingerprint density at radius 3 is 2.84 bits per heavy atom. The molecule has 0 bridgehead atoms. The number of hydrogen-bond acceptors (Lipinski definition) is 3. The van der Waals surface area contributed by atoms with Crippen molar-refractivity contribution >= 4 is 5.82 Å². The second-order valence-corrected chi connectivity index (χ2v) is 6.46. The summed E-state index contributed by atoms with van der Waals surface area (Å²) in [5.41, 5.74) is 1.79. The molecule has 19 heavy (non-hydrogen) atoms. The molecule has 1 aromatic heterocycles. The van der Waals surface area contributed by atoms with E-state index in [-0.39, 0.29) is 0 Å². The Hall–Kier alpha value is -1.09. The highest BCUT2D eigenvalue weighted by atomic mass is 15.1. The molecule has 0 unspecified atom stereocenters. The molecule has 0 saturated carbocycles. The van der Waals surface area contributed by atoms with E-state index in [9.17, 15) is 0 Å². The molecule has 1 aliphatic heterocycles. The highest BCUT2D eigenvalue weighted by Gasteiger charge is 2.26. The molecule has 3 heteroatoms. The molecule has 0 radical (unpaired) electrons. The van der Waals surface area contributed by atoms with Crippen molar-refractivity contribution < 1.29 is 0 Å². The van der Waals surface area contributed by atoms with Crippen LogP contribution in [0.2, 0.25) is 0 Å². The number of likely N-dealkylation sites (tertiary alicyclic amines) is 1. The van der Waals surface area contributed by atoms with Gasteiger partial charge in [0.2, 0.25) is 0 Å². The third kappa shape index (κ3) is 4.50. The quantitative estimate of drug-likeness (QED) is 0.879. The standard InChI is InChI=1S/C16H27N3/c1-4-9-17-15-7-6-14(11-18-15)12-19-10-5-8-16(2,3)13-19/h6-7,11H,4-5,8-10,12-13H2,1-3H3,(H,17,18). The number of aromatic nitrogens is 1. The van der Waals surface area contributed by atoms with E-state index in [4.69, 9.17) is 0 Å². The molecule has 0 spiro atoms. The number of pyridine rings is 1. The lowest BCUT2D eigenvalue weighted by molar-refractivity contribution is 0.111. The predicted molar refractivity (Wildman–Crippen MR) is 81.3 cm³/mol. The van der Waals surface area contributed by atoms with Gasteiger partial charge >= 0.3 is 0 Å². The van der Waals surface area contributed by atoms with Crippen LogP contribution in [0.15, 0.2) is 18.3 Å². The maximum absolute atomic E-state index is 4.48. The topological polar surface area (TPSA) is 28.2 Å². The predicted octanol–water partition coefficient (Wildman–Crippen LogP) is 3.53. The van der Waals surface area contributed by atoms with Crippen molar-refractivity contribution in [3.63, 3.8) is 0 Å². The second kappa shape index (κ2) is 6.38. The van der Waals surface area contributed by atoms with Gasteiger partial charge in [0.25, 0.3) is 0 Å². The SMILES string of the molecule is CCCNc1ccc(CN2CCCC(C)(C)C2)cn1. The van der Waals surface area contributed by atoms with E-state index in [1.807, 2.05) is 6.20 Å². The molecule has 1 N–H and O–H groups in total. The van der Waals surface area contributed by atoms with E-state index in [2.05, 4.69) is 48.1 Å². The molecular formula is C16H27N3. The lowest BCUT2D eigenvalue weighted by Gasteiger charge is -2.38. The Morgan fingerprint density at radius 1 is 1.37 bits per heavy atom. The molecule has 0 aromatic carbocycles. The van der Waals surface area contributed by atoms with Gasteiger partial charge in [0.1, 0.15) is 5.82 Å². The first-order chi connectivity index (χ1) is 9.09. The van der Waals surface area contributed by atoms with Crippen LogP contribution in [0.1, 0.15) is 45.6 Å². The molecule has 0 aliphatic carbocycles. The highest BCUT2D eigenvalue weighted by molar-refractivity contribution is 5.35. The van der Waals surface area contributed by atoms with Crippen molar-refractivity contribution in [1.29, 1.82) is 0 Å². The summed E-state index contributed by atoms with van der Waals surface area (Å²) in [6.45, 7) is 11.4. The number of nitrogens with one attached hydrogen (secondary N) is 1. The minimum atomic E-state index is 0.467. The van der Waals surface area contributed by atoms with Crippen LogP contribution in [0.25, 0.3) is 0 Å². The van der Waals surface area contributed by atoms with Gasteiger partial charge in [-0.1, -0.05) is 26.8 Å². The van der Waals surface area contributed by atoms with Gasteiger partial charge in [0.05, 0.1) is 0 Å². The molecule has 1 aromatic rings. The van der Waals surface area contributed by atoms with Gasteiger partial charge in [0.15, 0.2) is 0 Å². The lowest BCUT2D eigenvalue weighted by atomic mass is 9.84. The number of nitrogens with zero attached hydrogens (tertiary/aromatic N) is 2. The number of hydrogen-bond donors (Lipinski definition) is 1. The fourth-order valence-electron chi connectivity index (χ4n) is 2.81. The Balaban J connectivity index is 1.88. The monoisotopic (exact) mass is 261 g/mol. The average molecular weight is 261 g/mol. The molecule has 3 nitrogen and oxygen atoms in total. The molecule has 1 saturated heterocycles. The largest absolute Gasteiger partial charge is 0.370 e. The van der Waals surface area contributed by atoms with E-state index in [0.29, 0.717) is 5.41 Å². The van der Waals surface area contributed by atoms with E-state index < -0.39 is 0 Å². The molecule has 2 rings (SSSR count). The Bertz CT molecular complexity index is 383. The molecule has 1 fully saturated rings. The van der Waals surface area contributed by atoms with Crippen molar-refractivity contribution in [2.45, 2.75) is 46.6 Å². The number of rotatable bonds is 5. The van der Waals surface area contributed by atoms with Crippen LogP contribution in [0, 0.1) is 5.41 Å². The summed E-state index contributed by atoms with van der Waals surface area (Å²) in [6, 6.07) is 4.30. The van der Waals surface area contributed by atoms with Crippen LogP contribution < -0.4 is 5.32 Å². The first-order valence-electron chi connectivity index (χ1n) is 7.50. The summed E-state index contributed by atoms with van der Waals surface area (Å²) in [7, 11) is 0. The Labute approximate surface area is 117 Å². The molecule has 106 valence electrons. The van der Waals surface area contributed by atoms with Gasteiger partial charge in [0, 0.05) is 25.8 Å². The van der Waals surface area contributed by atoms with Crippen LogP contribution in [0.4, 0.5) is 5.82 Å². The zero-order valence-corrected chi connectivity index (χ0v) is 12.6. The molecule has 0 amide bonds. The Morgan fingerprint density at radius 2 is 2.21 bits per heavy atom. The van der Waals surface area contributed by atoms with Crippen LogP contribution >= 0.6 is 0 Å². The minimum absolute atomic E-state index is 0.467. The molecule has 2 heterocycles. The average Bonchev–Trinajstić information content (AvgIpc) is 2.37. The van der Waals surface area contributed by atoms with Crippen molar-refractivity contribution in [1.82, 2.24) is 9.88 Å². The fraction of sp³-hybridized carbons (Fsp3) is 0.688. The first-order valence-corrected chi connectivity index (χ1v) is 7.50. The fourth-order valence-corrected chi connectivity index (χ4v) is 2.81. The van der Waals surface area contributed by atoms with Gasteiger partial charge in [-0.3, -0.25) is 4.90 Å².